The van der Waals surface area contributed by atoms with E-state index in [0.717, 1.165) is 5.57 Å². The summed E-state index contributed by atoms with van der Waals surface area (Å²) < 4.78 is 4.90. The van der Waals surface area contributed by atoms with Gasteiger partial charge < -0.3 is 4.74 Å². The Morgan fingerprint density at radius 2 is 2.27 bits per heavy atom. The number of carbonyl (C=O) groups is 1. The molecule has 0 unspecified atom stereocenters. The maximum Gasteiger partial charge on any atom is 0.340 e. The minimum absolute atomic E-state index is 0.259. The molecule has 0 aliphatic carbocycles. The van der Waals surface area contributed by atoms with Crippen LogP contribution in [0.1, 0.15) is 6.92 Å². The Balaban J connectivity index is 3.04. The van der Waals surface area contributed by atoms with Crippen LogP contribution < -0.4 is 0 Å². The van der Waals surface area contributed by atoms with Crippen molar-refractivity contribution >= 4 is 37.8 Å². The van der Waals surface area contributed by atoms with E-state index < -0.39 is 0 Å². The van der Waals surface area contributed by atoms with E-state index in [9.17, 15) is 4.79 Å². The largest absolute Gasteiger partial charge is 0.422 e. The summed E-state index contributed by atoms with van der Waals surface area (Å²) in [4.78, 5) is 12.6. The van der Waals surface area contributed by atoms with Crippen molar-refractivity contribution in [1.29, 1.82) is 0 Å². The SMILES string of the molecule is CC1=C(CBr)C(=O)OC1=CBr. The van der Waals surface area contributed by atoms with Gasteiger partial charge in [-0.15, -0.1) is 0 Å². The average molecular weight is 282 g/mol. The predicted octanol–water partition coefficient (Wildman–Crippen LogP) is 2.49. The number of hydrogen-bond donors (Lipinski definition) is 0. The molecule has 11 heavy (non-hydrogen) atoms. The number of carbonyl (C=O) groups excluding carboxylic acids is 1. The number of esters is 1. The van der Waals surface area contributed by atoms with Crippen LogP contribution in [0.4, 0.5) is 0 Å². The van der Waals surface area contributed by atoms with Crippen molar-refractivity contribution in [3.63, 3.8) is 0 Å². The van der Waals surface area contributed by atoms with Crippen molar-refractivity contribution in [3.05, 3.63) is 21.9 Å². The predicted molar refractivity (Wildman–Crippen MR) is 49.6 cm³/mol. The van der Waals surface area contributed by atoms with E-state index in [0.29, 0.717) is 16.7 Å². The van der Waals surface area contributed by atoms with Gasteiger partial charge in [0.2, 0.25) is 0 Å². The molecular weight excluding hydrogens is 276 g/mol. The quantitative estimate of drug-likeness (QED) is 0.545. The molecule has 0 bridgehead atoms. The van der Waals surface area contributed by atoms with Crippen molar-refractivity contribution in [2.75, 3.05) is 5.33 Å². The number of hydrogen-bond acceptors (Lipinski definition) is 2. The lowest BCUT2D eigenvalue weighted by Crippen LogP contribution is -1.99. The Labute approximate surface area is 81.6 Å². The van der Waals surface area contributed by atoms with E-state index in [1.54, 1.807) is 4.99 Å². The summed E-state index contributed by atoms with van der Waals surface area (Å²) in [6.07, 6.45) is 0. The van der Waals surface area contributed by atoms with Crippen LogP contribution in [0, 0.1) is 0 Å². The average Bonchev–Trinajstić information content (AvgIpc) is 2.26. The lowest BCUT2D eigenvalue weighted by Gasteiger charge is -1.93. The van der Waals surface area contributed by atoms with Gasteiger partial charge >= 0.3 is 5.97 Å². The molecular formula is C7H6Br2O2. The van der Waals surface area contributed by atoms with Crippen LogP contribution in [0.5, 0.6) is 0 Å². The third-order valence-corrected chi connectivity index (χ3v) is 2.48. The molecule has 0 saturated heterocycles. The van der Waals surface area contributed by atoms with Crippen LogP contribution in [0.15, 0.2) is 21.9 Å². The second kappa shape index (κ2) is 3.54. The summed E-state index contributed by atoms with van der Waals surface area (Å²) in [5.74, 6) is 0.342. The fourth-order valence-corrected chi connectivity index (χ4v) is 1.89. The molecule has 2 nitrogen and oxygen atoms in total. The monoisotopic (exact) mass is 280 g/mol. The highest BCUT2D eigenvalue weighted by molar-refractivity contribution is 9.11. The molecule has 60 valence electrons. The molecule has 0 spiro atoms. The maximum absolute atomic E-state index is 11.0. The number of halogens is 2. The number of alkyl halides is 1. The fourth-order valence-electron chi connectivity index (χ4n) is 0.799. The highest BCUT2D eigenvalue weighted by Crippen LogP contribution is 2.27. The lowest BCUT2D eigenvalue weighted by atomic mass is 10.2. The lowest BCUT2D eigenvalue weighted by molar-refractivity contribution is -0.133. The molecule has 4 heteroatoms. The molecule has 0 N–H and O–H groups in total. The third-order valence-electron chi connectivity index (χ3n) is 1.50. The molecule has 0 fully saturated rings. The normalized spacial score (nSPS) is 21.4. The molecule has 0 atom stereocenters. The molecule has 0 amide bonds. The molecule has 0 aromatic rings. The zero-order valence-corrected chi connectivity index (χ0v) is 9.03. The van der Waals surface area contributed by atoms with Crippen molar-refractivity contribution in [2.24, 2.45) is 0 Å². The van der Waals surface area contributed by atoms with Crippen molar-refractivity contribution < 1.29 is 9.53 Å². The van der Waals surface area contributed by atoms with E-state index in [-0.39, 0.29) is 5.97 Å². The Bertz CT molecular complexity index is 253. The van der Waals surface area contributed by atoms with Gasteiger partial charge in [0.05, 0.1) is 5.57 Å². The summed E-state index contributed by atoms with van der Waals surface area (Å²) in [5.41, 5.74) is 1.58. The van der Waals surface area contributed by atoms with E-state index in [2.05, 4.69) is 31.9 Å². The Morgan fingerprint density at radius 1 is 1.64 bits per heavy atom. The zero-order chi connectivity index (χ0) is 8.43. The summed E-state index contributed by atoms with van der Waals surface area (Å²) in [6, 6.07) is 0. The van der Waals surface area contributed by atoms with Gasteiger partial charge in [-0.1, -0.05) is 31.9 Å². The van der Waals surface area contributed by atoms with Gasteiger partial charge in [-0.2, -0.15) is 0 Å². The highest BCUT2D eigenvalue weighted by Gasteiger charge is 2.25. The summed E-state index contributed by atoms with van der Waals surface area (Å²) in [7, 11) is 0. The smallest absolute Gasteiger partial charge is 0.340 e. The standard InChI is InChI=1S/C7H6Br2O2/c1-4-5(2-8)7(10)11-6(4)3-9/h3H,2H2,1H3. The zero-order valence-electron chi connectivity index (χ0n) is 5.86. The highest BCUT2D eigenvalue weighted by atomic mass is 79.9. The third kappa shape index (κ3) is 1.56. The second-order valence-corrected chi connectivity index (χ2v) is 3.12. The Kier molecular flexibility index (Phi) is 2.90. The molecule has 0 radical (unpaired) electrons. The van der Waals surface area contributed by atoms with Crippen LogP contribution in [0.3, 0.4) is 0 Å². The minimum atomic E-state index is -0.259. The molecule has 0 saturated carbocycles. The Morgan fingerprint density at radius 3 is 2.55 bits per heavy atom. The van der Waals surface area contributed by atoms with Crippen LogP contribution in [0.25, 0.3) is 0 Å². The molecule has 0 aromatic carbocycles. The summed E-state index contributed by atoms with van der Waals surface area (Å²) >= 11 is 6.32. The first kappa shape index (κ1) is 9.00. The van der Waals surface area contributed by atoms with Gasteiger partial charge in [0.1, 0.15) is 5.76 Å². The van der Waals surface area contributed by atoms with E-state index in [4.69, 9.17) is 4.74 Å². The number of ether oxygens (including phenoxy) is 1. The summed E-state index contributed by atoms with van der Waals surface area (Å²) in [5, 5.41) is 0.544. The van der Waals surface area contributed by atoms with E-state index >= 15 is 0 Å². The van der Waals surface area contributed by atoms with Gasteiger partial charge in [-0.05, 0) is 6.92 Å². The van der Waals surface area contributed by atoms with Crippen molar-refractivity contribution in [3.8, 4) is 0 Å². The first-order valence-corrected chi connectivity index (χ1v) is 5.03. The van der Waals surface area contributed by atoms with Crippen LogP contribution in [-0.2, 0) is 9.53 Å². The van der Waals surface area contributed by atoms with Crippen LogP contribution >= 0.6 is 31.9 Å². The molecule has 1 rings (SSSR count). The summed E-state index contributed by atoms with van der Waals surface area (Å²) in [6.45, 7) is 1.86. The van der Waals surface area contributed by atoms with Gasteiger partial charge in [0.25, 0.3) is 0 Å². The van der Waals surface area contributed by atoms with Gasteiger partial charge in [-0.25, -0.2) is 4.79 Å². The van der Waals surface area contributed by atoms with Crippen LogP contribution in [-0.4, -0.2) is 11.3 Å². The van der Waals surface area contributed by atoms with Crippen molar-refractivity contribution in [1.82, 2.24) is 0 Å². The molecule has 1 aliphatic heterocycles. The topological polar surface area (TPSA) is 26.3 Å². The number of cyclic esters (lactones) is 1. The first-order valence-electron chi connectivity index (χ1n) is 2.99. The fraction of sp³-hybridized carbons (Fsp3) is 0.286. The number of allylic oxidation sites excluding steroid dienone is 1. The maximum atomic E-state index is 11.0. The minimum Gasteiger partial charge on any atom is -0.422 e. The van der Waals surface area contributed by atoms with Crippen LogP contribution in [0.2, 0.25) is 0 Å². The molecule has 0 aromatic heterocycles. The van der Waals surface area contributed by atoms with E-state index in [1.807, 2.05) is 6.92 Å². The molecule has 1 heterocycles. The number of rotatable bonds is 1. The van der Waals surface area contributed by atoms with Gasteiger partial charge in [-0.3, -0.25) is 0 Å². The first-order chi connectivity index (χ1) is 5.20. The second-order valence-electron chi connectivity index (χ2n) is 2.10. The van der Waals surface area contributed by atoms with E-state index in [1.165, 1.54) is 0 Å². The van der Waals surface area contributed by atoms with Crippen molar-refractivity contribution in [2.45, 2.75) is 6.92 Å². The molecule has 1 aliphatic rings. The van der Waals surface area contributed by atoms with Gasteiger partial charge in [0, 0.05) is 15.9 Å². The van der Waals surface area contributed by atoms with Gasteiger partial charge in [0.15, 0.2) is 0 Å². The Hall–Kier alpha value is -0.0900.